The maximum Gasteiger partial charge on any atom is 0.255 e. The van der Waals surface area contributed by atoms with Gasteiger partial charge in [-0.3, -0.25) is 4.79 Å². The van der Waals surface area contributed by atoms with Crippen LogP contribution < -0.4 is 10.1 Å². The van der Waals surface area contributed by atoms with Crippen molar-refractivity contribution in [3.8, 4) is 5.75 Å². The predicted molar refractivity (Wildman–Crippen MR) is 109 cm³/mol. The number of nitrogens with zero attached hydrogens (tertiary/aromatic N) is 1. The summed E-state index contributed by atoms with van der Waals surface area (Å²) in [5.41, 5.74) is 0.845. The lowest BCUT2D eigenvalue weighted by molar-refractivity contribution is 0.102. The van der Waals surface area contributed by atoms with Gasteiger partial charge in [0.25, 0.3) is 5.91 Å². The van der Waals surface area contributed by atoms with Gasteiger partial charge in [0.05, 0.1) is 17.2 Å². The molecule has 0 atom stereocenters. The Bertz CT molecular complexity index is 905. The quantitative estimate of drug-likeness (QED) is 0.795. The summed E-state index contributed by atoms with van der Waals surface area (Å²) in [6.45, 7) is 3.31. The van der Waals surface area contributed by atoms with Gasteiger partial charge < -0.3 is 10.1 Å². The molecule has 28 heavy (non-hydrogen) atoms. The van der Waals surface area contributed by atoms with E-state index in [4.69, 9.17) is 4.74 Å². The summed E-state index contributed by atoms with van der Waals surface area (Å²) >= 11 is 0. The van der Waals surface area contributed by atoms with E-state index in [1.807, 2.05) is 13.0 Å². The Morgan fingerprint density at radius 3 is 2.36 bits per heavy atom. The Kier molecular flexibility index (Phi) is 6.70. The van der Waals surface area contributed by atoms with Crippen LogP contribution in [0.1, 0.15) is 43.0 Å². The van der Waals surface area contributed by atoms with Gasteiger partial charge in [0.15, 0.2) is 0 Å². The van der Waals surface area contributed by atoms with Gasteiger partial charge in [-0.25, -0.2) is 8.42 Å². The molecule has 1 N–H and O–H groups in total. The SMILES string of the molecule is CCOc1ccc(S(=O)(=O)N2CCCCCC2)cc1NC(=O)c1ccccc1. The summed E-state index contributed by atoms with van der Waals surface area (Å²) in [7, 11) is -3.61. The van der Waals surface area contributed by atoms with Gasteiger partial charge in [-0.2, -0.15) is 4.31 Å². The molecule has 1 fully saturated rings. The number of hydrogen-bond donors (Lipinski definition) is 1. The molecule has 0 aromatic heterocycles. The molecule has 7 heteroatoms. The molecule has 150 valence electrons. The fraction of sp³-hybridized carbons (Fsp3) is 0.381. The summed E-state index contributed by atoms with van der Waals surface area (Å²) in [5, 5.41) is 2.79. The van der Waals surface area contributed by atoms with E-state index >= 15 is 0 Å². The Morgan fingerprint density at radius 1 is 1.04 bits per heavy atom. The minimum absolute atomic E-state index is 0.168. The molecule has 0 saturated carbocycles. The van der Waals surface area contributed by atoms with Gasteiger partial charge in [-0.05, 0) is 50.1 Å². The number of carbonyl (C=O) groups excluding carboxylic acids is 1. The van der Waals surface area contributed by atoms with Crippen LogP contribution in [0.4, 0.5) is 5.69 Å². The van der Waals surface area contributed by atoms with E-state index in [0.717, 1.165) is 25.7 Å². The van der Waals surface area contributed by atoms with Crippen LogP contribution in [0.2, 0.25) is 0 Å². The van der Waals surface area contributed by atoms with Crippen molar-refractivity contribution in [2.24, 2.45) is 0 Å². The summed E-state index contributed by atoms with van der Waals surface area (Å²) < 4.78 is 33.3. The first-order valence-electron chi connectivity index (χ1n) is 9.66. The smallest absolute Gasteiger partial charge is 0.255 e. The molecule has 0 aliphatic carbocycles. The van der Waals surface area contributed by atoms with Gasteiger partial charge in [-0.1, -0.05) is 31.0 Å². The van der Waals surface area contributed by atoms with Crippen LogP contribution in [0.15, 0.2) is 53.4 Å². The zero-order chi connectivity index (χ0) is 20.0. The lowest BCUT2D eigenvalue weighted by Gasteiger charge is -2.21. The van der Waals surface area contributed by atoms with E-state index < -0.39 is 10.0 Å². The molecule has 6 nitrogen and oxygen atoms in total. The van der Waals surface area contributed by atoms with E-state index in [-0.39, 0.29) is 10.8 Å². The summed E-state index contributed by atoms with van der Waals surface area (Å²) in [4.78, 5) is 12.7. The molecule has 2 aromatic carbocycles. The van der Waals surface area contributed by atoms with Crippen LogP contribution in [0.25, 0.3) is 0 Å². The number of hydrogen-bond acceptors (Lipinski definition) is 4. The third kappa shape index (κ3) is 4.72. The summed E-state index contributed by atoms with van der Waals surface area (Å²) in [6.07, 6.45) is 3.84. The van der Waals surface area contributed by atoms with Crippen molar-refractivity contribution in [1.29, 1.82) is 0 Å². The third-order valence-electron chi connectivity index (χ3n) is 4.74. The molecule has 1 saturated heterocycles. The number of carbonyl (C=O) groups is 1. The van der Waals surface area contributed by atoms with Gasteiger partial charge in [0.2, 0.25) is 10.0 Å². The largest absolute Gasteiger partial charge is 0.492 e. The zero-order valence-electron chi connectivity index (χ0n) is 16.1. The van der Waals surface area contributed by atoms with E-state index in [9.17, 15) is 13.2 Å². The third-order valence-corrected chi connectivity index (χ3v) is 6.63. The number of rotatable bonds is 6. The van der Waals surface area contributed by atoms with Crippen molar-refractivity contribution in [2.75, 3.05) is 25.0 Å². The molecule has 0 radical (unpaired) electrons. The number of benzene rings is 2. The minimum Gasteiger partial charge on any atom is -0.492 e. The Balaban J connectivity index is 1.91. The van der Waals surface area contributed by atoms with Crippen LogP contribution >= 0.6 is 0 Å². The molecule has 3 rings (SSSR count). The second kappa shape index (κ2) is 9.21. The number of sulfonamides is 1. The fourth-order valence-corrected chi connectivity index (χ4v) is 4.81. The maximum absolute atomic E-state index is 13.1. The minimum atomic E-state index is -3.61. The highest BCUT2D eigenvalue weighted by molar-refractivity contribution is 7.89. The molecule has 1 aliphatic heterocycles. The monoisotopic (exact) mass is 402 g/mol. The molecule has 0 spiro atoms. The number of nitrogens with one attached hydrogen (secondary N) is 1. The first kappa shape index (κ1) is 20.4. The van der Waals surface area contributed by atoms with Crippen LogP contribution in [-0.2, 0) is 10.0 Å². The normalized spacial score (nSPS) is 15.6. The first-order valence-corrected chi connectivity index (χ1v) is 11.1. The average Bonchev–Trinajstić information content (AvgIpc) is 3.00. The van der Waals surface area contributed by atoms with E-state index in [1.165, 1.54) is 6.07 Å². The van der Waals surface area contributed by atoms with Crippen LogP contribution in [0.3, 0.4) is 0 Å². The average molecular weight is 403 g/mol. The van der Waals surface area contributed by atoms with Crippen LogP contribution in [0, 0.1) is 0 Å². The summed E-state index contributed by atoms with van der Waals surface area (Å²) in [5.74, 6) is 0.132. The molecule has 1 amide bonds. The van der Waals surface area contributed by atoms with Crippen molar-refractivity contribution >= 4 is 21.6 Å². The lowest BCUT2D eigenvalue weighted by atomic mass is 10.2. The Labute approximate surface area is 166 Å². The van der Waals surface area contributed by atoms with Crippen LogP contribution in [-0.4, -0.2) is 38.3 Å². The molecular formula is C21H26N2O4S. The molecular weight excluding hydrogens is 376 g/mol. The van der Waals surface area contributed by atoms with E-state index in [1.54, 1.807) is 40.7 Å². The molecule has 0 unspecified atom stereocenters. The predicted octanol–water partition coefficient (Wildman–Crippen LogP) is 3.90. The molecule has 0 bridgehead atoms. The topological polar surface area (TPSA) is 75.7 Å². The maximum atomic E-state index is 13.1. The van der Waals surface area contributed by atoms with Crippen molar-refractivity contribution in [3.05, 3.63) is 54.1 Å². The fourth-order valence-electron chi connectivity index (χ4n) is 3.26. The number of anilines is 1. The van der Waals surface area contributed by atoms with E-state index in [0.29, 0.717) is 36.7 Å². The highest BCUT2D eigenvalue weighted by atomic mass is 32.2. The van der Waals surface area contributed by atoms with Gasteiger partial charge in [0, 0.05) is 18.7 Å². The first-order chi connectivity index (χ1) is 13.5. The second-order valence-corrected chi connectivity index (χ2v) is 8.67. The van der Waals surface area contributed by atoms with Gasteiger partial charge in [0.1, 0.15) is 5.75 Å². The Hall–Kier alpha value is -2.38. The number of ether oxygens (including phenoxy) is 1. The molecule has 1 heterocycles. The van der Waals surface area contributed by atoms with Crippen molar-refractivity contribution < 1.29 is 17.9 Å². The molecule has 1 aliphatic rings. The highest BCUT2D eigenvalue weighted by Gasteiger charge is 2.26. The van der Waals surface area contributed by atoms with Crippen molar-refractivity contribution in [1.82, 2.24) is 4.31 Å². The van der Waals surface area contributed by atoms with E-state index in [2.05, 4.69) is 5.32 Å². The highest BCUT2D eigenvalue weighted by Crippen LogP contribution is 2.30. The van der Waals surface area contributed by atoms with Gasteiger partial charge >= 0.3 is 0 Å². The lowest BCUT2D eigenvalue weighted by Crippen LogP contribution is -2.32. The molecule has 2 aromatic rings. The number of amides is 1. The zero-order valence-corrected chi connectivity index (χ0v) is 16.9. The van der Waals surface area contributed by atoms with Crippen molar-refractivity contribution in [2.45, 2.75) is 37.5 Å². The van der Waals surface area contributed by atoms with Crippen LogP contribution in [0.5, 0.6) is 5.75 Å². The second-order valence-electron chi connectivity index (χ2n) is 6.73. The Morgan fingerprint density at radius 2 is 1.71 bits per heavy atom. The summed E-state index contributed by atoms with van der Waals surface area (Å²) in [6, 6.07) is 13.4. The standard InChI is InChI=1S/C21H26N2O4S/c1-2-27-20-13-12-18(28(25,26)23-14-8-3-4-9-15-23)16-19(20)22-21(24)17-10-6-5-7-11-17/h5-7,10-13,16H,2-4,8-9,14-15H2,1H3,(H,22,24). The van der Waals surface area contributed by atoms with Crippen molar-refractivity contribution in [3.63, 3.8) is 0 Å². The van der Waals surface area contributed by atoms with Gasteiger partial charge in [-0.15, -0.1) is 0 Å².